The number of methoxy groups -OCH3 is 1. The van der Waals surface area contributed by atoms with Gasteiger partial charge in [0.05, 0.1) is 7.11 Å². The van der Waals surface area contributed by atoms with Crippen LogP contribution in [0, 0.1) is 17.8 Å². The first-order valence-corrected chi connectivity index (χ1v) is 10.8. The van der Waals surface area contributed by atoms with E-state index < -0.39 is 14.1 Å². The van der Waals surface area contributed by atoms with E-state index in [4.69, 9.17) is 4.74 Å². The molecule has 1 aliphatic rings. The Kier molecular flexibility index (Phi) is 9.40. The van der Waals surface area contributed by atoms with Crippen LogP contribution in [0.1, 0.15) is 54.4 Å². The highest BCUT2D eigenvalue weighted by Crippen LogP contribution is 2.41. The van der Waals surface area contributed by atoms with Crippen molar-refractivity contribution in [3.63, 3.8) is 0 Å². The fourth-order valence-electron chi connectivity index (χ4n) is 3.41. The van der Waals surface area contributed by atoms with E-state index in [1.54, 1.807) is 0 Å². The molecule has 0 aromatic carbocycles. The standard InChI is InChI=1S/C19H37N2O3P/c1-14(2)12-17(16(5)6)20-10-8-9-11-21(25(20)23)18(13-15(3)4)19(22)24-7/h8-9,14-18,25H,10-13H2,1-7H3/t17-,18?/m0/s1. The van der Waals surface area contributed by atoms with Crippen LogP contribution in [-0.4, -0.2) is 47.6 Å². The van der Waals surface area contributed by atoms with Gasteiger partial charge in [0.2, 0.25) is 8.10 Å². The second-order valence-electron chi connectivity index (χ2n) is 8.17. The van der Waals surface area contributed by atoms with Gasteiger partial charge in [-0.05, 0) is 30.6 Å². The van der Waals surface area contributed by atoms with Crippen LogP contribution < -0.4 is 0 Å². The average Bonchev–Trinajstić information content (AvgIpc) is 2.71. The van der Waals surface area contributed by atoms with Gasteiger partial charge in [-0.1, -0.05) is 53.7 Å². The summed E-state index contributed by atoms with van der Waals surface area (Å²) < 4.78 is 22.5. The van der Waals surface area contributed by atoms with Gasteiger partial charge in [0.1, 0.15) is 6.04 Å². The summed E-state index contributed by atoms with van der Waals surface area (Å²) in [5, 5.41) is 0. The number of hydrogen-bond acceptors (Lipinski definition) is 3. The highest BCUT2D eigenvalue weighted by Gasteiger charge is 2.36. The molecule has 1 heterocycles. The monoisotopic (exact) mass is 372 g/mol. The van der Waals surface area contributed by atoms with Crippen molar-refractivity contribution in [2.45, 2.75) is 66.5 Å². The summed E-state index contributed by atoms with van der Waals surface area (Å²) in [6.07, 6.45) is 5.78. The number of carbonyl (C=O) groups excluding carboxylic acids is 1. The first-order valence-electron chi connectivity index (χ1n) is 9.49. The maximum atomic E-state index is 13.5. The van der Waals surface area contributed by atoms with Crippen molar-refractivity contribution in [3.8, 4) is 0 Å². The maximum Gasteiger partial charge on any atom is 0.323 e. The summed E-state index contributed by atoms with van der Waals surface area (Å²) in [5.74, 6) is 0.990. The van der Waals surface area contributed by atoms with Gasteiger partial charge in [0.15, 0.2) is 0 Å². The lowest BCUT2D eigenvalue weighted by molar-refractivity contribution is -0.145. The molecular formula is C19H37N2O3P. The van der Waals surface area contributed by atoms with Crippen LogP contribution in [0.15, 0.2) is 12.2 Å². The molecule has 6 heteroatoms. The Labute approximate surface area is 154 Å². The van der Waals surface area contributed by atoms with Gasteiger partial charge < -0.3 is 4.74 Å². The molecule has 1 rings (SSSR count). The lowest BCUT2D eigenvalue weighted by Crippen LogP contribution is -2.43. The molecule has 0 aliphatic carbocycles. The minimum atomic E-state index is -2.24. The summed E-state index contributed by atoms with van der Waals surface area (Å²) >= 11 is 0. The third-order valence-corrected chi connectivity index (χ3v) is 6.68. The lowest BCUT2D eigenvalue weighted by atomic mass is 9.94. The minimum Gasteiger partial charge on any atom is -0.468 e. The van der Waals surface area contributed by atoms with Crippen molar-refractivity contribution < 1.29 is 14.1 Å². The van der Waals surface area contributed by atoms with Gasteiger partial charge in [-0.15, -0.1) is 0 Å². The van der Waals surface area contributed by atoms with Gasteiger partial charge in [0, 0.05) is 19.1 Å². The molecule has 0 spiro atoms. The second kappa shape index (κ2) is 10.5. The van der Waals surface area contributed by atoms with Crippen LogP contribution in [-0.2, 0) is 14.1 Å². The molecule has 5 nitrogen and oxygen atoms in total. The Hall–Kier alpha value is -0.640. The van der Waals surface area contributed by atoms with E-state index >= 15 is 0 Å². The molecule has 25 heavy (non-hydrogen) atoms. The molecule has 3 atom stereocenters. The Morgan fingerprint density at radius 2 is 1.52 bits per heavy atom. The normalized spacial score (nSPS) is 22.4. The second-order valence-corrected chi connectivity index (χ2v) is 9.88. The molecular weight excluding hydrogens is 335 g/mol. The lowest BCUT2D eigenvalue weighted by Gasteiger charge is -2.38. The van der Waals surface area contributed by atoms with E-state index in [2.05, 4.69) is 52.3 Å². The minimum absolute atomic E-state index is 0.244. The number of carbonyl (C=O) groups is 1. The number of hydrogen-bond donors (Lipinski definition) is 0. The predicted molar refractivity (Wildman–Crippen MR) is 105 cm³/mol. The van der Waals surface area contributed by atoms with Crippen molar-refractivity contribution in [1.82, 2.24) is 9.34 Å². The molecule has 0 saturated carbocycles. The van der Waals surface area contributed by atoms with Crippen molar-refractivity contribution in [2.24, 2.45) is 17.8 Å². The summed E-state index contributed by atoms with van der Waals surface area (Å²) in [6.45, 7) is 14.2. The number of rotatable bonds is 8. The molecule has 0 bridgehead atoms. The Morgan fingerprint density at radius 3 is 1.96 bits per heavy atom. The van der Waals surface area contributed by atoms with E-state index in [0.29, 0.717) is 37.3 Å². The number of ether oxygens (including phenoxy) is 1. The van der Waals surface area contributed by atoms with Gasteiger partial charge >= 0.3 is 5.97 Å². The topological polar surface area (TPSA) is 49.9 Å². The zero-order valence-corrected chi connectivity index (χ0v) is 18.0. The third kappa shape index (κ3) is 6.54. The van der Waals surface area contributed by atoms with Crippen LogP contribution in [0.25, 0.3) is 0 Å². The van der Waals surface area contributed by atoms with Crippen molar-refractivity contribution in [1.29, 1.82) is 0 Å². The molecule has 0 fully saturated rings. The van der Waals surface area contributed by atoms with E-state index in [1.807, 2.05) is 10.7 Å². The van der Waals surface area contributed by atoms with Crippen LogP contribution >= 0.6 is 8.10 Å². The quantitative estimate of drug-likeness (QED) is 0.363. The first-order chi connectivity index (χ1) is 11.7. The average molecular weight is 372 g/mol. The molecule has 0 aromatic rings. The molecule has 146 valence electrons. The Morgan fingerprint density at radius 1 is 1.00 bits per heavy atom. The first kappa shape index (κ1) is 22.4. The largest absolute Gasteiger partial charge is 0.468 e. The predicted octanol–water partition coefficient (Wildman–Crippen LogP) is 4.21. The molecule has 0 amide bonds. The zero-order valence-electron chi connectivity index (χ0n) is 17.0. The molecule has 2 unspecified atom stereocenters. The molecule has 0 aromatic heterocycles. The summed E-state index contributed by atoms with van der Waals surface area (Å²) in [4.78, 5) is 12.4. The molecule has 0 saturated heterocycles. The van der Waals surface area contributed by atoms with E-state index in [1.165, 1.54) is 7.11 Å². The molecule has 1 aliphatic heterocycles. The molecule has 0 radical (unpaired) electrons. The summed E-state index contributed by atoms with van der Waals surface area (Å²) in [6, 6.07) is -0.206. The van der Waals surface area contributed by atoms with E-state index in [9.17, 15) is 9.36 Å². The molecule has 0 N–H and O–H groups in total. The Bertz CT molecular complexity index is 477. The van der Waals surface area contributed by atoms with Crippen LogP contribution in [0.2, 0.25) is 0 Å². The van der Waals surface area contributed by atoms with Crippen molar-refractivity contribution in [2.75, 3.05) is 20.2 Å². The summed E-state index contributed by atoms with van der Waals surface area (Å²) in [5.41, 5.74) is 0. The fourth-order valence-corrected chi connectivity index (χ4v) is 5.43. The van der Waals surface area contributed by atoms with Gasteiger partial charge in [-0.25, -0.2) is 9.34 Å². The smallest absolute Gasteiger partial charge is 0.323 e. The SMILES string of the molecule is COC(=O)C(CC(C)C)N1CC=CCN([C@@H](CC(C)C)C(C)C)[PH]1=O. The van der Waals surface area contributed by atoms with Crippen LogP contribution in [0.5, 0.6) is 0 Å². The van der Waals surface area contributed by atoms with Gasteiger partial charge in [-0.2, -0.15) is 0 Å². The Balaban J connectivity index is 3.13. The summed E-state index contributed by atoms with van der Waals surface area (Å²) in [7, 11) is -0.828. The van der Waals surface area contributed by atoms with Crippen molar-refractivity contribution in [3.05, 3.63) is 12.2 Å². The highest BCUT2D eigenvalue weighted by molar-refractivity contribution is 7.39. The zero-order chi connectivity index (χ0) is 19.1. The van der Waals surface area contributed by atoms with Crippen LogP contribution in [0.4, 0.5) is 0 Å². The number of nitrogens with zero attached hydrogens (tertiary/aromatic N) is 2. The highest BCUT2D eigenvalue weighted by atomic mass is 31.1. The van der Waals surface area contributed by atoms with E-state index in [0.717, 1.165) is 6.42 Å². The van der Waals surface area contributed by atoms with Crippen LogP contribution in [0.3, 0.4) is 0 Å². The maximum absolute atomic E-state index is 13.5. The fraction of sp³-hybridized carbons (Fsp3) is 0.842. The van der Waals surface area contributed by atoms with E-state index in [-0.39, 0.29) is 12.0 Å². The van der Waals surface area contributed by atoms with Gasteiger partial charge in [0.25, 0.3) is 0 Å². The van der Waals surface area contributed by atoms with Gasteiger partial charge in [-0.3, -0.25) is 9.36 Å². The van der Waals surface area contributed by atoms with Crippen molar-refractivity contribution >= 4 is 14.1 Å². The third-order valence-electron chi connectivity index (χ3n) is 4.69. The number of esters is 1.